The van der Waals surface area contributed by atoms with Gasteiger partial charge in [-0.2, -0.15) is 0 Å². The van der Waals surface area contributed by atoms with Crippen molar-refractivity contribution in [1.29, 1.82) is 0 Å². The van der Waals surface area contributed by atoms with Crippen LogP contribution < -0.4 is 10.1 Å². The van der Waals surface area contributed by atoms with Gasteiger partial charge >= 0.3 is 12.0 Å². The minimum atomic E-state index is -0.608. The number of carbonyl (C=O) groups excluding carboxylic acids is 3. The number of rotatable bonds is 4. The highest BCUT2D eigenvalue weighted by Gasteiger charge is 2.43. The van der Waals surface area contributed by atoms with E-state index in [0.29, 0.717) is 30.1 Å². The lowest BCUT2D eigenvalue weighted by atomic mass is 9.95. The molecule has 8 heteroatoms. The molecule has 0 aromatic heterocycles. The monoisotopic (exact) mass is 399 g/mol. The van der Waals surface area contributed by atoms with E-state index in [1.54, 1.807) is 31.4 Å². The summed E-state index contributed by atoms with van der Waals surface area (Å²) in [6.45, 7) is 1.34. The Kier molecular flexibility index (Phi) is 5.42. The van der Waals surface area contributed by atoms with Crippen LogP contribution in [0.4, 0.5) is 4.79 Å². The lowest BCUT2D eigenvalue weighted by molar-refractivity contribution is -0.136. The van der Waals surface area contributed by atoms with Gasteiger partial charge in [0.25, 0.3) is 0 Å². The van der Waals surface area contributed by atoms with Gasteiger partial charge in [0.2, 0.25) is 5.91 Å². The van der Waals surface area contributed by atoms with E-state index in [2.05, 4.69) is 5.32 Å². The number of methoxy groups -OCH3 is 1. The topological polar surface area (TPSA) is 88.2 Å². The first kappa shape index (κ1) is 19.3. The molecule has 3 aliphatic heterocycles. The van der Waals surface area contributed by atoms with Crippen LogP contribution in [0.5, 0.6) is 5.75 Å². The Bertz CT molecular complexity index is 840. The van der Waals surface area contributed by atoms with Crippen molar-refractivity contribution in [1.82, 2.24) is 15.1 Å². The van der Waals surface area contributed by atoms with Gasteiger partial charge in [0.1, 0.15) is 18.9 Å². The van der Waals surface area contributed by atoms with Crippen molar-refractivity contribution in [3.63, 3.8) is 0 Å². The number of nitrogens with one attached hydrogen (secondary N) is 1. The molecule has 0 unspecified atom stereocenters. The minimum absolute atomic E-state index is 0.00151. The van der Waals surface area contributed by atoms with Crippen molar-refractivity contribution in [3.8, 4) is 5.75 Å². The molecule has 1 aromatic rings. The SMILES string of the molecule is COc1ccc([C@@H]2NC(=O)N(CC(=O)N3CCCCCC3)C3=C2C(=O)OC3)cc1. The van der Waals surface area contributed by atoms with E-state index in [9.17, 15) is 14.4 Å². The highest BCUT2D eigenvalue weighted by molar-refractivity contribution is 5.98. The minimum Gasteiger partial charge on any atom is -0.497 e. The first-order valence-corrected chi connectivity index (χ1v) is 9.98. The zero-order chi connectivity index (χ0) is 20.4. The molecule has 8 nitrogen and oxygen atoms in total. The first-order chi connectivity index (χ1) is 14.1. The van der Waals surface area contributed by atoms with Crippen LogP contribution in [-0.2, 0) is 14.3 Å². The number of likely N-dealkylation sites (tertiary alicyclic amines) is 1. The standard InChI is InChI=1S/C21H25N3O5/c1-28-15-8-6-14(7-9-15)19-18-16(13-29-20(18)26)24(21(27)22-19)12-17(25)23-10-4-2-3-5-11-23/h6-9,19H,2-5,10-13H2,1H3,(H,22,27)/t19-/m0/s1. The van der Waals surface area contributed by atoms with Crippen molar-refractivity contribution in [2.24, 2.45) is 0 Å². The molecule has 154 valence electrons. The summed E-state index contributed by atoms with van der Waals surface area (Å²) in [4.78, 5) is 41.2. The molecule has 1 saturated heterocycles. The third kappa shape index (κ3) is 3.79. The highest BCUT2D eigenvalue weighted by Crippen LogP contribution is 2.35. The second kappa shape index (κ2) is 8.14. The number of amides is 3. The molecular weight excluding hydrogens is 374 g/mol. The highest BCUT2D eigenvalue weighted by atomic mass is 16.5. The number of nitrogens with zero attached hydrogens (tertiary/aromatic N) is 2. The Morgan fingerprint density at radius 2 is 1.83 bits per heavy atom. The molecule has 3 amide bonds. The largest absolute Gasteiger partial charge is 0.497 e. The van der Waals surface area contributed by atoms with E-state index >= 15 is 0 Å². The van der Waals surface area contributed by atoms with Gasteiger partial charge in [-0.1, -0.05) is 25.0 Å². The van der Waals surface area contributed by atoms with Crippen molar-refractivity contribution < 1.29 is 23.9 Å². The summed E-state index contributed by atoms with van der Waals surface area (Å²) in [6, 6.07) is 6.15. The fourth-order valence-corrected chi connectivity index (χ4v) is 4.08. The summed E-state index contributed by atoms with van der Waals surface area (Å²) >= 11 is 0. The third-order valence-electron chi connectivity index (χ3n) is 5.70. The summed E-state index contributed by atoms with van der Waals surface area (Å²) in [5, 5.41) is 2.86. The van der Waals surface area contributed by atoms with Crippen LogP contribution in [0, 0.1) is 0 Å². The second-order valence-corrected chi connectivity index (χ2v) is 7.47. The number of ether oxygens (including phenoxy) is 2. The van der Waals surface area contributed by atoms with E-state index in [-0.39, 0.29) is 19.1 Å². The number of hydrogen-bond donors (Lipinski definition) is 1. The Morgan fingerprint density at radius 1 is 1.14 bits per heavy atom. The lowest BCUT2D eigenvalue weighted by Gasteiger charge is -2.33. The van der Waals surface area contributed by atoms with E-state index in [4.69, 9.17) is 9.47 Å². The molecule has 0 aliphatic carbocycles. The van der Waals surface area contributed by atoms with Crippen LogP contribution in [0.15, 0.2) is 35.5 Å². The molecule has 0 bridgehead atoms. The maximum atomic E-state index is 12.9. The van der Waals surface area contributed by atoms with Gasteiger partial charge in [-0.05, 0) is 30.5 Å². The van der Waals surface area contributed by atoms with E-state index in [0.717, 1.165) is 31.2 Å². The van der Waals surface area contributed by atoms with Crippen molar-refractivity contribution in [2.75, 3.05) is 33.4 Å². The Balaban J connectivity index is 1.59. The van der Waals surface area contributed by atoms with Crippen molar-refractivity contribution in [2.45, 2.75) is 31.7 Å². The van der Waals surface area contributed by atoms with Crippen LogP contribution in [0.2, 0.25) is 0 Å². The smallest absolute Gasteiger partial charge is 0.338 e. The Morgan fingerprint density at radius 3 is 2.48 bits per heavy atom. The average Bonchev–Trinajstić information content (AvgIpc) is 2.94. The number of cyclic esters (lactones) is 1. The van der Waals surface area contributed by atoms with Gasteiger partial charge in [0, 0.05) is 13.1 Å². The predicted molar refractivity (Wildman–Crippen MR) is 104 cm³/mol. The molecule has 4 rings (SSSR count). The molecule has 0 radical (unpaired) electrons. The zero-order valence-electron chi connectivity index (χ0n) is 16.5. The summed E-state index contributed by atoms with van der Waals surface area (Å²) < 4.78 is 10.4. The second-order valence-electron chi connectivity index (χ2n) is 7.47. The Hall–Kier alpha value is -3.03. The maximum Gasteiger partial charge on any atom is 0.338 e. The van der Waals surface area contributed by atoms with Gasteiger partial charge in [0.05, 0.1) is 24.4 Å². The van der Waals surface area contributed by atoms with Gasteiger partial charge in [-0.25, -0.2) is 9.59 Å². The number of benzene rings is 1. The predicted octanol–water partition coefficient (Wildman–Crippen LogP) is 1.97. The van der Waals surface area contributed by atoms with Gasteiger partial charge < -0.3 is 19.7 Å². The number of urea groups is 1. The molecule has 1 fully saturated rings. The van der Waals surface area contributed by atoms with Gasteiger partial charge in [0.15, 0.2) is 0 Å². The quantitative estimate of drug-likeness (QED) is 0.782. The summed E-state index contributed by atoms with van der Waals surface area (Å²) in [7, 11) is 1.57. The third-order valence-corrected chi connectivity index (χ3v) is 5.70. The summed E-state index contributed by atoms with van der Waals surface area (Å²) in [5.41, 5.74) is 1.62. The van der Waals surface area contributed by atoms with E-state index in [1.165, 1.54) is 4.90 Å². The summed E-state index contributed by atoms with van der Waals surface area (Å²) in [6.07, 6.45) is 4.20. The average molecular weight is 399 g/mol. The number of esters is 1. The number of hydrogen-bond acceptors (Lipinski definition) is 5. The van der Waals surface area contributed by atoms with E-state index in [1.807, 2.05) is 4.90 Å². The van der Waals surface area contributed by atoms with Crippen molar-refractivity contribution >= 4 is 17.9 Å². The molecule has 0 saturated carbocycles. The Labute approximate surface area is 169 Å². The van der Waals surface area contributed by atoms with E-state index < -0.39 is 18.0 Å². The number of carbonyl (C=O) groups is 3. The zero-order valence-corrected chi connectivity index (χ0v) is 16.5. The van der Waals surface area contributed by atoms with Crippen molar-refractivity contribution in [3.05, 3.63) is 41.1 Å². The first-order valence-electron chi connectivity index (χ1n) is 9.98. The molecule has 1 N–H and O–H groups in total. The van der Waals surface area contributed by atoms with Crippen LogP contribution in [0.1, 0.15) is 37.3 Å². The fourth-order valence-electron chi connectivity index (χ4n) is 4.08. The van der Waals surface area contributed by atoms with Crippen LogP contribution in [0.25, 0.3) is 0 Å². The normalized spacial score (nSPS) is 22.0. The summed E-state index contributed by atoms with van der Waals surface area (Å²) in [5.74, 6) is 0.118. The molecule has 29 heavy (non-hydrogen) atoms. The maximum absolute atomic E-state index is 12.9. The molecular formula is C21H25N3O5. The molecule has 1 aromatic carbocycles. The van der Waals surface area contributed by atoms with Gasteiger partial charge in [-0.3, -0.25) is 9.69 Å². The van der Waals surface area contributed by atoms with Crippen LogP contribution in [-0.4, -0.2) is 61.1 Å². The molecule has 3 heterocycles. The molecule has 3 aliphatic rings. The fraction of sp³-hybridized carbons (Fsp3) is 0.476. The molecule has 1 atom stereocenters. The van der Waals surface area contributed by atoms with Gasteiger partial charge in [-0.15, -0.1) is 0 Å². The van der Waals surface area contributed by atoms with Crippen LogP contribution >= 0.6 is 0 Å². The lowest BCUT2D eigenvalue weighted by Crippen LogP contribution is -2.51. The van der Waals surface area contributed by atoms with Crippen LogP contribution in [0.3, 0.4) is 0 Å². The molecule has 0 spiro atoms.